The molecule has 1 amide bonds. The summed E-state index contributed by atoms with van der Waals surface area (Å²) in [5.41, 5.74) is 1.24. The number of piperidine rings is 1. The second kappa shape index (κ2) is 6.23. The van der Waals surface area contributed by atoms with Gasteiger partial charge in [0.25, 0.3) is 5.91 Å². The predicted molar refractivity (Wildman–Crippen MR) is 87.1 cm³/mol. The highest BCUT2D eigenvalue weighted by atomic mass is 35.5. The van der Waals surface area contributed by atoms with E-state index in [1.807, 2.05) is 24.0 Å². The van der Waals surface area contributed by atoms with Gasteiger partial charge in [-0.1, -0.05) is 11.6 Å². The average Bonchev–Trinajstić information content (AvgIpc) is 2.55. The maximum absolute atomic E-state index is 12.8. The van der Waals surface area contributed by atoms with E-state index in [0.717, 1.165) is 18.2 Å². The minimum absolute atomic E-state index is 0.00981. The third-order valence-electron chi connectivity index (χ3n) is 4.46. The van der Waals surface area contributed by atoms with Crippen LogP contribution in [0.5, 0.6) is 0 Å². The zero-order chi connectivity index (χ0) is 15.7. The van der Waals surface area contributed by atoms with Crippen LogP contribution in [0, 0.1) is 5.92 Å². The lowest BCUT2D eigenvalue weighted by Crippen LogP contribution is -2.40. The first-order chi connectivity index (χ1) is 10.6. The second-order valence-electron chi connectivity index (χ2n) is 5.86. The number of benzene rings is 1. The van der Waals surface area contributed by atoms with Crippen LogP contribution in [-0.4, -0.2) is 40.1 Å². The van der Waals surface area contributed by atoms with Gasteiger partial charge in [-0.05, 0) is 49.9 Å². The van der Waals surface area contributed by atoms with Crippen molar-refractivity contribution in [3.8, 4) is 0 Å². The number of carbonyl (C=O) groups is 1. The summed E-state index contributed by atoms with van der Waals surface area (Å²) >= 11 is 6.18. The molecule has 1 atom stereocenters. The first kappa shape index (κ1) is 15.3. The Kier molecular flexibility index (Phi) is 4.32. The smallest absolute Gasteiger partial charge is 0.256 e. The Morgan fingerprint density at radius 3 is 2.77 bits per heavy atom. The molecule has 1 aromatic heterocycles. The lowest BCUT2D eigenvalue weighted by Gasteiger charge is -2.33. The Morgan fingerprint density at radius 2 is 2.09 bits per heavy atom. The van der Waals surface area contributed by atoms with Gasteiger partial charge in [-0.3, -0.25) is 9.78 Å². The van der Waals surface area contributed by atoms with E-state index >= 15 is 0 Å². The van der Waals surface area contributed by atoms with Crippen molar-refractivity contribution in [2.75, 3.05) is 13.1 Å². The molecule has 2 aromatic rings. The topological polar surface area (TPSA) is 53.4 Å². The zero-order valence-electron chi connectivity index (χ0n) is 12.5. The summed E-state index contributed by atoms with van der Waals surface area (Å²) in [6, 6.07) is 7.19. The fourth-order valence-corrected chi connectivity index (χ4v) is 3.28. The van der Waals surface area contributed by atoms with Gasteiger partial charge in [-0.2, -0.15) is 0 Å². The molecular formula is C17H19ClN2O2. The number of halogens is 1. The number of likely N-dealkylation sites (tertiary alicyclic amines) is 1. The van der Waals surface area contributed by atoms with Crippen molar-refractivity contribution >= 4 is 28.4 Å². The molecule has 22 heavy (non-hydrogen) atoms. The van der Waals surface area contributed by atoms with Crippen LogP contribution in [0.1, 0.15) is 30.1 Å². The van der Waals surface area contributed by atoms with E-state index in [9.17, 15) is 9.90 Å². The predicted octanol–water partition coefficient (Wildman–Crippen LogP) is 3.12. The van der Waals surface area contributed by atoms with Gasteiger partial charge in [-0.25, -0.2) is 0 Å². The molecule has 1 N–H and O–H groups in total. The van der Waals surface area contributed by atoms with Crippen LogP contribution in [0.25, 0.3) is 10.9 Å². The molecule has 0 bridgehead atoms. The van der Waals surface area contributed by atoms with Gasteiger partial charge in [0.05, 0.1) is 22.2 Å². The van der Waals surface area contributed by atoms with Crippen LogP contribution in [0.4, 0.5) is 0 Å². The molecule has 1 aromatic carbocycles. The van der Waals surface area contributed by atoms with Crippen molar-refractivity contribution in [3.63, 3.8) is 0 Å². The van der Waals surface area contributed by atoms with Gasteiger partial charge >= 0.3 is 0 Å². The number of fused-ring (bicyclic) bond motifs is 1. The van der Waals surface area contributed by atoms with Gasteiger partial charge in [0.1, 0.15) is 0 Å². The van der Waals surface area contributed by atoms with E-state index in [1.54, 1.807) is 18.3 Å². The van der Waals surface area contributed by atoms with Crippen molar-refractivity contribution < 1.29 is 9.90 Å². The minimum atomic E-state index is -0.310. The van der Waals surface area contributed by atoms with Gasteiger partial charge in [0.15, 0.2) is 0 Å². The number of carbonyl (C=O) groups excluding carboxylic acids is 1. The highest BCUT2D eigenvalue weighted by Crippen LogP contribution is 2.27. The molecule has 5 heteroatoms. The molecule has 1 saturated heterocycles. The molecule has 0 saturated carbocycles. The van der Waals surface area contributed by atoms with Crippen LogP contribution in [-0.2, 0) is 0 Å². The van der Waals surface area contributed by atoms with Crippen molar-refractivity contribution in [1.29, 1.82) is 0 Å². The third kappa shape index (κ3) is 2.81. The first-order valence-corrected chi connectivity index (χ1v) is 7.96. The quantitative estimate of drug-likeness (QED) is 0.925. The zero-order valence-corrected chi connectivity index (χ0v) is 13.3. The molecule has 2 heterocycles. The molecule has 1 fully saturated rings. The lowest BCUT2D eigenvalue weighted by molar-refractivity contribution is 0.0522. The largest absolute Gasteiger partial charge is 0.393 e. The van der Waals surface area contributed by atoms with E-state index in [0.29, 0.717) is 29.2 Å². The SMILES string of the molecule is CC(O)C1CCN(C(=O)c2ccc(Cl)c3cccnc23)CC1. The second-order valence-corrected chi connectivity index (χ2v) is 6.27. The molecule has 1 unspecified atom stereocenters. The number of pyridine rings is 1. The Morgan fingerprint density at radius 1 is 1.36 bits per heavy atom. The van der Waals surface area contributed by atoms with Gasteiger partial charge in [-0.15, -0.1) is 0 Å². The van der Waals surface area contributed by atoms with Crippen LogP contribution in [0.15, 0.2) is 30.5 Å². The van der Waals surface area contributed by atoms with Crippen molar-refractivity contribution in [1.82, 2.24) is 9.88 Å². The summed E-state index contributed by atoms with van der Waals surface area (Å²) in [5.74, 6) is 0.272. The Labute approximate surface area is 134 Å². The minimum Gasteiger partial charge on any atom is -0.393 e. The van der Waals surface area contributed by atoms with E-state index in [1.165, 1.54) is 0 Å². The Bertz CT molecular complexity index is 694. The van der Waals surface area contributed by atoms with Crippen LogP contribution in [0.3, 0.4) is 0 Å². The number of rotatable bonds is 2. The molecular weight excluding hydrogens is 300 g/mol. The Balaban J connectivity index is 1.86. The van der Waals surface area contributed by atoms with Gasteiger partial charge in [0, 0.05) is 24.7 Å². The summed E-state index contributed by atoms with van der Waals surface area (Å²) in [5, 5.41) is 11.1. The number of hydrogen-bond acceptors (Lipinski definition) is 3. The average molecular weight is 319 g/mol. The fourth-order valence-electron chi connectivity index (χ4n) is 3.07. The highest BCUT2D eigenvalue weighted by molar-refractivity contribution is 6.36. The van der Waals surface area contributed by atoms with Crippen molar-refractivity contribution in [2.24, 2.45) is 5.92 Å². The summed E-state index contributed by atoms with van der Waals surface area (Å²) in [6.45, 7) is 3.16. The molecule has 0 spiro atoms. The van der Waals surface area contributed by atoms with Crippen LogP contribution in [0.2, 0.25) is 5.02 Å². The monoisotopic (exact) mass is 318 g/mol. The molecule has 1 aliphatic heterocycles. The third-order valence-corrected chi connectivity index (χ3v) is 4.79. The number of aliphatic hydroxyl groups excluding tert-OH is 1. The summed E-state index contributed by atoms with van der Waals surface area (Å²) in [6.07, 6.45) is 3.04. The standard InChI is InChI=1S/C17H19ClN2O2/c1-11(21)12-6-9-20(10-7-12)17(22)14-4-5-15(18)13-3-2-8-19-16(13)14/h2-5,8,11-12,21H,6-7,9-10H2,1H3. The van der Waals surface area contributed by atoms with Crippen molar-refractivity contribution in [2.45, 2.75) is 25.9 Å². The number of aliphatic hydroxyl groups is 1. The molecule has 1 aliphatic rings. The Hall–Kier alpha value is -1.65. The maximum Gasteiger partial charge on any atom is 0.256 e. The normalized spacial score (nSPS) is 17.7. The number of aromatic nitrogens is 1. The summed E-state index contributed by atoms with van der Waals surface area (Å²) in [7, 11) is 0. The molecule has 116 valence electrons. The molecule has 3 rings (SSSR count). The first-order valence-electron chi connectivity index (χ1n) is 7.58. The number of nitrogens with zero attached hydrogens (tertiary/aromatic N) is 2. The lowest BCUT2D eigenvalue weighted by atomic mass is 9.92. The molecule has 4 nitrogen and oxygen atoms in total. The van der Waals surface area contributed by atoms with Gasteiger partial charge < -0.3 is 10.0 Å². The summed E-state index contributed by atoms with van der Waals surface area (Å²) < 4.78 is 0. The van der Waals surface area contributed by atoms with E-state index in [-0.39, 0.29) is 17.9 Å². The highest BCUT2D eigenvalue weighted by Gasteiger charge is 2.27. The van der Waals surface area contributed by atoms with Crippen LogP contribution >= 0.6 is 11.6 Å². The number of hydrogen-bond donors (Lipinski definition) is 1. The summed E-state index contributed by atoms with van der Waals surface area (Å²) in [4.78, 5) is 19.0. The molecule has 0 aliphatic carbocycles. The van der Waals surface area contributed by atoms with E-state index in [4.69, 9.17) is 11.6 Å². The van der Waals surface area contributed by atoms with Crippen LogP contribution < -0.4 is 0 Å². The number of amides is 1. The van der Waals surface area contributed by atoms with E-state index in [2.05, 4.69) is 4.98 Å². The fraction of sp³-hybridized carbons (Fsp3) is 0.412. The van der Waals surface area contributed by atoms with Gasteiger partial charge in [0.2, 0.25) is 0 Å². The maximum atomic E-state index is 12.8. The van der Waals surface area contributed by atoms with E-state index < -0.39 is 0 Å². The molecule has 0 radical (unpaired) electrons. The van der Waals surface area contributed by atoms with Crippen molar-refractivity contribution in [3.05, 3.63) is 41.0 Å².